The summed E-state index contributed by atoms with van der Waals surface area (Å²) < 4.78 is 5.37. The molecule has 0 aliphatic carbocycles. The molecule has 2 aromatic rings. The Morgan fingerprint density at radius 3 is 2.63 bits per heavy atom. The standard InChI is InChI=1S/C16H14O2S/c1-11-6-8-12(9-7-11)15-10-18-16(17)13-4-2-3-5-14(13)19-15/h2-9,15H,10H2,1H3. The molecule has 2 nitrogen and oxygen atoms in total. The molecular formula is C16H14O2S. The fourth-order valence-electron chi connectivity index (χ4n) is 2.10. The monoisotopic (exact) mass is 270 g/mol. The summed E-state index contributed by atoms with van der Waals surface area (Å²) in [7, 11) is 0. The first-order valence-corrected chi connectivity index (χ1v) is 7.11. The summed E-state index contributed by atoms with van der Waals surface area (Å²) in [6.45, 7) is 2.49. The van der Waals surface area contributed by atoms with E-state index in [1.54, 1.807) is 11.8 Å². The summed E-state index contributed by atoms with van der Waals surface area (Å²) in [6, 6.07) is 16.0. The van der Waals surface area contributed by atoms with Crippen LogP contribution in [0.2, 0.25) is 0 Å². The molecule has 1 heterocycles. The molecule has 1 aliphatic rings. The molecule has 96 valence electrons. The summed E-state index contributed by atoms with van der Waals surface area (Å²) >= 11 is 1.69. The zero-order valence-corrected chi connectivity index (χ0v) is 11.4. The van der Waals surface area contributed by atoms with Crippen molar-refractivity contribution >= 4 is 17.7 Å². The molecule has 19 heavy (non-hydrogen) atoms. The number of rotatable bonds is 1. The summed E-state index contributed by atoms with van der Waals surface area (Å²) in [5.41, 5.74) is 3.10. The van der Waals surface area contributed by atoms with Crippen molar-refractivity contribution in [3.63, 3.8) is 0 Å². The van der Waals surface area contributed by atoms with Gasteiger partial charge in [0.1, 0.15) is 6.61 Å². The Labute approximate surface area is 116 Å². The maximum Gasteiger partial charge on any atom is 0.339 e. The zero-order chi connectivity index (χ0) is 13.2. The summed E-state index contributed by atoms with van der Waals surface area (Å²) in [5.74, 6) is -0.224. The van der Waals surface area contributed by atoms with Gasteiger partial charge in [0.05, 0.1) is 10.8 Å². The van der Waals surface area contributed by atoms with Crippen LogP contribution in [0.15, 0.2) is 53.4 Å². The third-order valence-corrected chi connectivity index (χ3v) is 4.49. The molecular weight excluding hydrogens is 256 g/mol. The molecule has 0 radical (unpaired) electrons. The lowest BCUT2D eigenvalue weighted by atomic mass is 10.1. The Bertz CT molecular complexity index is 604. The first-order valence-electron chi connectivity index (χ1n) is 6.23. The van der Waals surface area contributed by atoms with E-state index in [1.165, 1.54) is 11.1 Å². The van der Waals surface area contributed by atoms with E-state index in [-0.39, 0.29) is 11.2 Å². The van der Waals surface area contributed by atoms with Gasteiger partial charge < -0.3 is 4.74 Å². The molecule has 0 bridgehead atoms. The molecule has 0 N–H and O–H groups in total. The Hall–Kier alpha value is -1.74. The van der Waals surface area contributed by atoms with Gasteiger partial charge in [-0.3, -0.25) is 0 Å². The highest BCUT2D eigenvalue weighted by Crippen LogP contribution is 2.39. The fraction of sp³-hybridized carbons (Fsp3) is 0.188. The molecule has 0 aromatic heterocycles. The first kappa shape index (κ1) is 12.3. The van der Waals surface area contributed by atoms with Crippen LogP contribution in [-0.4, -0.2) is 12.6 Å². The fourth-order valence-corrected chi connectivity index (χ4v) is 3.27. The van der Waals surface area contributed by atoms with Crippen LogP contribution in [0, 0.1) is 6.92 Å². The molecule has 0 saturated carbocycles. The van der Waals surface area contributed by atoms with Crippen LogP contribution in [0.4, 0.5) is 0 Å². The Balaban J connectivity index is 1.94. The molecule has 1 unspecified atom stereocenters. The number of aryl methyl sites for hydroxylation is 1. The lowest BCUT2D eigenvalue weighted by Crippen LogP contribution is -2.07. The summed E-state index contributed by atoms with van der Waals surface area (Å²) in [5, 5.41) is 0.160. The number of benzene rings is 2. The number of thioether (sulfide) groups is 1. The van der Waals surface area contributed by atoms with Crippen molar-refractivity contribution < 1.29 is 9.53 Å². The predicted molar refractivity (Wildman–Crippen MR) is 76.5 cm³/mol. The second-order valence-corrected chi connectivity index (χ2v) is 5.86. The number of esters is 1. The van der Waals surface area contributed by atoms with Gasteiger partial charge in [-0.1, -0.05) is 42.0 Å². The van der Waals surface area contributed by atoms with Gasteiger partial charge in [-0.2, -0.15) is 0 Å². The average molecular weight is 270 g/mol. The van der Waals surface area contributed by atoms with Crippen LogP contribution in [0.3, 0.4) is 0 Å². The van der Waals surface area contributed by atoms with E-state index in [2.05, 4.69) is 31.2 Å². The van der Waals surface area contributed by atoms with Gasteiger partial charge in [0.25, 0.3) is 0 Å². The van der Waals surface area contributed by atoms with Gasteiger partial charge in [-0.15, -0.1) is 11.8 Å². The minimum absolute atomic E-state index is 0.160. The van der Waals surface area contributed by atoms with Crippen molar-refractivity contribution in [1.29, 1.82) is 0 Å². The van der Waals surface area contributed by atoms with Crippen molar-refractivity contribution in [3.8, 4) is 0 Å². The van der Waals surface area contributed by atoms with Gasteiger partial charge >= 0.3 is 5.97 Å². The maximum atomic E-state index is 11.9. The lowest BCUT2D eigenvalue weighted by molar-refractivity contribution is 0.0507. The number of hydrogen-bond acceptors (Lipinski definition) is 3. The van der Waals surface area contributed by atoms with E-state index in [4.69, 9.17) is 4.74 Å². The van der Waals surface area contributed by atoms with Gasteiger partial charge in [-0.25, -0.2) is 4.79 Å². The SMILES string of the molecule is Cc1ccc(C2COC(=O)c3ccccc3S2)cc1. The molecule has 1 atom stereocenters. The summed E-state index contributed by atoms with van der Waals surface area (Å²) in [4.78, 5) is 12.9. The highest BCUT2D eigenvalue weighted by molar-refractivity contribution is 7.99. The van der Waals surface area contributed by atoms with Crippen molar-refractivity contribution in [2.24, 2.45) is 0 Å². The molecule has 0 saturated heterocycles. The van der Waals surface area contributed by atoms with Crippen LogP contribution in [0.1, 0.15) is 26.7 Å². The molecule has 1 aliphatic heterocycles. The van der Waals surface area contributed by atoms with Crippen molar-refractivity contribution in [2.75, 3.05) is 6.61 Å². The van der Waals surface area contributed by atoms with E-state index >= 15 is 0 Å². The number of carbonyl (C=O) groups is 1. The first-order chi connectivity index (χ1) is 9.24. The van der Waals surface area contributed by atoms with E-state index in [0.717, 1.165) is 4.90 Å². The molecule has 0 spiro atoms. The molecule has 0 amide bonds. The quantitative estimate of drug-likeness (QED) is 0.733. The topological polar surface area (TPSA) is 26.3 Å². The predicted octanol–water partition coefficient (Wildman–Crippen LogP) is 4.00. The van der Waals surface area contributed by atoms with E-state index in [0.29, 0.717) is 12.2 Å². The van der Waals surface area contributed by atoms with Crippen LogP contribution < -0.4 is 0 Å². The number of carbonyl (C=O) groups excluding carboxylic acids is 1. The van der Waals surface area contributed by atoms with Crippen LogP contribution in [0.5, 0.6) is 0 Å². The van der Waals surface area contributed by atoms with Crippen LogP contribution in [-0.2, 0) is 4.74 Å². The Kier molecular flexibility index (Phi) is 3.30. The number of ether oxygens (including phenoxy) is 1. The second-order valence-electron chi connectivity index (χ2n) is 4.61. The smallest absolute Gasteiger partial charge is 0.339 e. The van der Waals surface area contributed by atoms with Crippen molar-refractivity contribution in [2.45, 2.75) is 17.1 Å². The average Bonchev–Trinajstić information content (AvgIpc) is 2.60. The zero-order valence-electron chi connectivity index (χ0n) is 10.6. The Morgan fingerprint density at radius 2 is 1.84 bits per heavy atom. The van der Waals surface area contributed by atoms with Crippen LogP contribution in [0.25, 0.3) is 0 Å². The highest BCUT2D eigenvalue weighted by Gasteiger charge is 2.24. The van der Waals surface area contributed by atoms with Crippen molar-refractivity contribution in [3.05, 3.63) is 65.2 Å². The van der Waals surface area contributed by atoms with E-state index in [9.17, 15) is 4.79 Å². The lowest BCUT2D eigenvalue weighted by Gasteiger charge is -2.13. The summed E-state index contributed by atoms with van der Waals surface area (Å²) in [6.07, 6.45) is 0. The largest absolute Gasteiger partial charge is 0.461 e. The molecule has 3 rings (SSSR count). The molecule has 3 heteroatoms. The van der Waals surface area contributed by atoms with Gasteiger partial charge in [0.2, 0.25) is 0 Å². The van der Waals surface area contributed by atoms with Gasteiger partial charge in [-0.05, 0) is 24.6 Å². The molecule has 2 aromatic carbocycles. The highest BCUT2D eigenvalue weighted by atomic mass is 32.2. The number of cyclic esters (lactones) is 1. The number of hydrogen-bond donors (Lipinski definition) is 0. The number of fused-ring (bicyclic) bond motifs is 1. The third kappa shape index (κ3) is 2.51. The van der Waals surface area contributed by atoms with Gasteiger partial charge in [0.15, 0.2) is 0 Å². The van der Waals surface area contributed by atoms with Crippen LogP contribution >= 0.6 is 11.8 Å². The molecule has 0 fully saturated rings. The minimum atomic E-state index is -0.224. The normalized spacial score (nSPS) is 18.4. The Morgan fingerprint density at radius 1 is 1.11 bits per heavy atom. The van der Waals surface area contributed by atoms with E-state index in [1.807, 2.05) is 24.3 Å². The van der Waals surface area contributed by atoms with E-state index < -0.39 is 0 Å². The minimum Gasteiger partial charge on any atom is -0.461 e. The van der Waals surface area contributed by atoms with Gasteiger partial charge in [0, 0.05) is 4.90 Å². The second kappa shape index (κ2) is 5.10. The van der Waals surface area contributed by atoms with Crippen molar-refractivity contribution in [1.82, 2.24) is 0 Å². The maximum absolute atomic E-state index is 11.9. The third-order valence-electron chi connectivity index (χ3n) is 3.19.